The molecule has 0 N–H and O–H groups in total. The standard InChI is InChI=1S/C19H23BrO10S/c1-11(21)26-10-18-19(29-13(3)23)17(28-12(2)22)8-15(30-18)9-27-31(24,25)16-6-4-14(20)5-7-16/h4-7,15,17-19H,8-10H2,1-3H3. The maximum atomic E-state index is 12.4. The summed E-state index contributed by atoms with van der Waals surface area (Å²) < 4.78 is 51.9. The SMILES string of the molecule is CC(=O)OCC1OC(COS(=O)(=O)c2ccc(Br)cc2)CC(OC(C)=O)C1OC(C)=O. The van der Waals surface area contributed by atoms with Crippen LogP contribution in [0.2, 0.25) is 0 Å². The molecule has 0 aromatic heterocycles. The average Bonchev–Trinajstić information content (AvgIpc) is 2.66. The van der Waals surface area contributed by atoms with Crippen molar-refractivity contribution < 1.29 is 45.9 Å². The molecule has 1 aromatic rings. The van der Waals surface area contributed by atoms with E-state index in [4.69, 9.17) is 23.1 Å². The zero-order valence-corrected chi connectivity index (χ0v) is 19.5. The molecule has 0 radical (unpaired) electrons. The Morgan fingerprint density at radius 2 is 1.61 bits per heavy atom. The Kier molecular flexibility index (Phi) is 8.98. The minimum Gasteiger partial charge on any atom is -0.463 e. The van der Waals surface area contributed by atoms with Crippen LogP contribution in [0.5, 0.6) is 0 Å². The zero-order chi connectivity index (χ0) is 23.2. The third kappa shape index (κ3) is 7.87. The summed E-state index contributed by atoms with van der Waals surface area (Å²) in [6.07, 6.45) is -3.82. The van der Waals surface area contributed by atoms with E-state index in [-0.39, 0.29) is 24.5 Å². The molecule has 0 saturated carbocycles. The van der Waals surface area contributed by atoms with Crippen molar-refractivity contribution in [1.82, 2.24) is 0 Å². The van der Waals surface area contributed by atoms with Crippen LogP contribution in [0.25, 0.3) is 0 Å². The van der Waals surface area contributed by atoms with Crippen molar-refractivity contribution in [1.29, 1.82) is 0 Å². The lowest BCUT2D eigenvalue weighted by Crippen LogP contribution is -2.54. The predicted octanol–water partition coefficient (Wildman–Crippen LogP) is 1.74. The fraction of sp³-hybridized carbons (Fsp3) is 0.526. The Hall–Kier alpha value is -2.02. The summed E-state index contributed by atoms with van der Waals surface area (Å²) in [5.41, 5.74) is 0. The normalized spacial score (nSPS) is 23.6. The summed E-state index contributed by atoms with van der Waals surface area (Å²) in [7, 11) is -4.07. The van der Waals surface area contributed by atoms with Crippen molar-refractivity contribution in [2.75, 3.05) is 13.2 Å². The molecule has 1 fully saturated rings. The summed E-state index contributed by atoms with van der Waals surface area (Å²) in [4.78, 5) is 34.2. The number of esters is 3. The van der Waals surface area contributed by atoms with Crippen molar-refractivity contribution in [2.24, 2.45) is 0 Å². The molecule has 1 aromatic carbocycles. The second-order valence-electron chi connectivity index (χ2n) is 6.75. The smallest absolute Gasteiger partial charge is 0.303 e. The van der Waals surface area contributed by atoms with Gasteiger partial charge in [-0.15, -0.1) is 0 Å². The van der Waals surface area contributed by atoms with Gasteiger partial charge in [-0.1, -0.05) is 15.9 Å². The first-order valence-corrected chi connectivity index (χ1v) is 11.5. The van der Waals surface area contributed by atoms with Gasteiger partial charge in [-0.3, -0.25) is 18.6 Å². The van der Waals surface area contributed by atoms with Gasteiger partial charge in [0.15, 0.2) is 6.10 Å². The molecule has 0 bridgehead atoms. The third-order valence-electron chi connectivity index (χ3n) is 4.18. The van der Waals surface area contributed by atoms with Gasteiger partial charge >= 0.3 is 17.9 Å². The molecule has 4 atom stereocenters. The van der Waals surface area contributed by atoms with Gasteiger partial charge in [0.25, 0.3) is 10.1 Å². The molecule has 1 aliphatic rings. The summed E-state index contributed by atoms with van der Waals surface area (Å²) in [6, 6.07) is 5.87. The third-order valence-corrected chi connectivity index (χ3v) is 6.00. The van der Waals surface area contributed by atoms with Crippen molar-refractivity contribution in [3.63, 3.8) is 0 Å². The molecular formula is C19H23BrO10S. The first-order chi connectivity index (χ1) is 14.5. The molecule has 0 amide bonds. The average molecular weight is 523 g/mol. The molecule has 1 heterocycles. The van der Waals surface area contributed by atoms with Crippen LogP contribution in [0.3, 0.4) is 0 Å². The zero-order valence-electron chi connectivity index (χ0n) is 17.1. The van der Waals surface area contributed by atoms with Gasteiger partial charge < -0.3 is 18.9 Å². The number of hydrogen-bond donors (Lipinski definition) is 0. The Morgan fingerprint density at radius 1 is 1.00 bits per heavy atom. The van der Waals surface area contributed by atoms with E-state index in [0.29, 0.717) is 4.47 Å². The van der Waals surface area contributed by atoms with Gasteiger partial charge in [-0.25, -0.2) is 0 Å². The summed E-state index contributed by atoms with van der Waals surface area (Å²) in [5.74, 6) is -1.87. The molecule has 12 heteroatoms. The monoisotopic (exact) mass is 522 g/mol. The maximum absolute atomic E-state index is 12.4. The number of carbonyl (C=O) groups excluding carboxylic acids is 3. The lowest BCUT2D eigenvalue weighted by Gasteiger charge is -2.40. The van der Waals surface area contributed by atoms with Crippen LogP contribution in [0.1, 0.15) is 27.2 Å². The van der Waals surface area contributed by atoms with Crippen molar-refractivity contribution in [3.8, 4) is 0 Å². The second kappa shape index (κ2) is 11.0. The fourth-order valence-corrected chi connectivity index (χ4v) is 4.16. The lowest BCUT2D eigenvalue weighted by atomic mass is 9.97. The molecule has 1 saturated heterocycles. The van der Waals surface area contributed by atoms with E-state index in [1.807, 2.05) is 0 Å². The van der Waals surface area contributed by atoms with Crippen LogP contribution >= 0.6 is 15.9 Å². The maximum Gasteiger partial charge on any atom is 0.303 e. The molecule has 31 heavy (non-hydrogen) atoms. The Morgan fingerprint density at radius 3 is 2.16 bits per heavy atom. The minimum atomic E-state index is -4.07. The summed E-state index contributed by atoms with van der Waals surface area (Å²) in [6.45, 7) is 2.87. The highest BCUT2D eigenvalue weighted by Gasteiger charge is 2.44. The van der Waals surface area contributed by atoms with Gasteiger partial charge in [0, 0.05) is 31.7 Å². The van der Waals surface area contributed by atoms with Gasteiger partial charge in [-0.05, 0) is 24.3 Å². The molecule has 4 unspecified atom stereocenters. The molecule has 0 spiro atoms. The molecule has 172 valence electrons. The van der Waals surface area contributed by atoms with Gasteiger partial charge in [-0.2, -0.15) is 8.42 Å². The van der Waals surface area contributed by atoms with E-state index >= 15 is 0 Å². The van der Waals surface area contributed by atoms with Crippen LogP contribution in [0, 0.1) is 0 Å². The van der Waals surface area contributed by atoms with E-state index in [2.05, 4.69) is 15.9 Å². The van der Waals surface area contributed by atoms with Crippen LogP contribution in [-0.2, 0) is 47.6 Å². The Balaban J connectivity index is 2.16. The number of ether oxygens (including phenoxy) is 4. The van der Waals surface area contributed by atoms with Gasteiger partial charge in [0.2, 0.25) is 0 Å². The van der Waals surface area contributed by atoms with E-state index in [1.165, 1.54) is 32.9 Å². The quantitative estimate of drug-likeness (QED) is 0.282. The van der Waals surface area contributed by atoms with Gasteiger partial charge in [0.05, 0.1) is 17.6 Å². The minimum absolute atomic E-state index is 0.00392. The predicted molar refractivity (Wildman–Crippen MR) is 108 cm³/mol. The first-order valence-electron chi connectivity index (χ1n) is 9.26. The largest absolute Gasteiger partial charge is 0.463 e. The van der Waals surface area contributed by atoms with Crippen LogP contribution in [0.15, 0.2) is 33.6 Å². The summed E-state index contributed by atoms with van der Waals surface area (Å²) in [5, 5.41) is 0. The number of carbonyl (C=O) groups is 3. The molecule has 1 aliphatic heterocycles. The van der Waals surface area contributed by atoms with Gasteiger partial charge in [0.1, 0.15) is 18.8 Å². The van der Waals surface area contributed by atoms with E-state index in [1.54, 1.807) is 12.1 Å². The van der Waals surface area contributed by atoms with E-state index in [9.17, 15) is 22.8 Å². The van der Waals surface area contributed by atoms with Crippen LogP contribution < -0.4 is 0 Å². The molecule has 10 nitrogen and oxygen atoms in total. The lowest BCUT2D eigenvalue weighted by molar-refractivity contribution is -0.217. The molecular weight excluding hydrogens is 500 g/mol. The van der Waals surface area contributed by atoms with Crippen LogP contribution in [0.4, 0.5) is 0 Å². The highest BCUT2D eigenvalue weighted by atomic mass is 79.9. The first kappa shape index (κ1) is 25.2. The summed E-state index contributed by atoms with van der Waals surface area (Å²) >= 11 is 3.23. The van der Waals surface area contributed by atoms with Crippen LogP contribution in [-0.4, -0.2) is 64.0 Å². The van der Waals surface area contributed by atoms with Crippen molar-refractivity contribution in [3.05, 3.63) is 28.7 Å². The Bertz CT molecular complexity index is 899. The molecule has 2 rings (SSSR count). The number of benzene rings is 1. The number of rotatable bonds is 8. The fourth-order valence-electron chi connectivity index (χ4n) is 2.96. The van der Waals surface area contributed by atoms with Crippen molar-refractivity contribution in [2.45, 2.75) is 56.5 Å². The number of hydrogen-bond acceptors (Lipinski definition) is 10. The van der Waals surface area contributed by atoms with Crippen molar-refractivity contribution >= 4 is 44.0 Å². The molecule has 0 aliphatic carbocycles. The number of halogens is 1. The topological polar surface area (TPSA) is 132 Å². The second-order valence-corrected chi connectivity index (χ2v) is 9.28. The Labute approximate surface area is 188 Å². The van der Waals surface area contributed by atoms with E-state index in [0.717, 1.165) is 0 Å². The highest BCUT2D eigenvalue weighted by molar-refractivity contribution is 9.10. The van der Waals surface area contributed by atoms with E-state index < -0.39 is 52.4 Å². The highest BCUT2D eigenvalue weighted by Crippen LogP contribution is 2.27.